The van der Waals surface area contributed by atoms with Gasteiger partial charge in [-0.25, -0.2) is 0 Å². The molecule has 0 aliphatic rings. The van der Waals surface area contributed by atoms with E-state index < -0.39 is 0 Å². The smallest absolute Gasteiger partial charge is 0.264 e. The molecule has 1 heterocycles. The number of anilines is 1. The van der Waals surface area contributed by atoms with Gasteiger partial charge in [0, 0.05) is 0 Å². The molecule has 0 saturated heterocycles. The number of aryl methyl sites for hydroxylation is 1. The summed E-state index contributed by atoms with van der Waals surface area (Å²) in [4.78, 5) is 11.9. The summed E-state index contributed by atoms with van der Waals surface area (Å²) in [6.07, 6.45) is 1.09. The fourth-order valence-electron chi connectivity index (χ4n) is 3.08. The second-order valence-electron chi connectivity index (χ2n) is 8.11. The van der Waals surface area contributed by atoms with E-state index in [0.717, 1.165) is 11.4 Å². The third-order valence-corrected chi connectivity index (χ3v) is 4.50. The summed E-state index contributed by atoms with van der Waals surface area (Å²) in [6, 6.07) is 7.99. The number of benzene rings is 1. The van der Waals surface area contributed by atoms with E-state index in [1.165, 1.54) is 16.9 Å². The average molecular weight is 362 g/mol. The van der Waals surface area contributed by atoms with Crippen molar-refractivity contribution >= 4 is 22.4 Å². The minimum atomic E-state index is -0.242. The lowest BCUT2D eigenvalue weighted by Gasteiger charge is -2.33. The molecule has 0 atom stereocenters. The Labute approximate surface area is 153 Å². The molecule has 0 aliphatic heterocycles. The number of ether oxygens (including phenoxy) is 1. The van der Waals surface area contributed by atoms with E-state index >= 15 is 0 Å². The summed E-state index contributed by atoms with van der Waals surface area (Å²) in [5.74, 6) is 0.437. The van der Waals surface area contributed by atoms with Crippen LogP contribution in [-0.4, -0.2) is 22.7 Å². The lowest BCUT2D eigenvalue weighted by molar-refractivity contribution is -0.118. The maximum absolute atomic E-state index is 11.9. The highest BCUT2D eigenvalue weighted by atomic mass is 32.1. The van der Waals surface area contributed by atoms with Crippen molar-refractivity contribution in [3.05, 3.63) is 34.8 Å². The summed E-state index contributed by atoms with van der Waals surface area (Å²) >= 11 is 1.34. The van der Waals surface area contributed by atoms with Gasteiger partial charge in [-0.3, -0.25) is 10.1 Å². The zero-order chi connectivity index (χ0) is 18.7. The predicted octanol–water partition coefficient (Wildman–Crippen LogP) is 4.58. The maximum atomic E-state index is 11.9. The Morgan fingerprint density at radius 1 is 1.12 bits per heavy atom. The molecular weight excluding hydrogens is 334 g/mol. The van der Waals surface area contributed by atoms with E-state index in [2.05, 4.69) is 62.3 Å². The summed E-state index contributed by atoms with van der Waals surface area (Å²) in [5.41, 5.74) is 1.62. The van der Waals surface area contributed by atoms with Crippen LogP contribution in [0.2, 0.25) is 0 Å². The lowest BCUT2D eigenvalue weighted by Crippen LogP contribution is -2.24. The van der Waals surface area contributed by atoms with Gasteiger partial charge >= 0.3 is 0 Å². The van der Waals surface area contributed by atoms with Gasteiger partial charge in [-0.1, -0.05) is 58.1 Å². The number of carbonyl (C=O) groups is 1. The van der Waals surface area contributed by atoms with E-state index in [-0.39, 0.29) is 23.3 Å². The van der Waals surface area contributed by atoms with Crippen molar-refractivity contribution in [2.75, 3.05) is 11.9 Å². The first-order valence-corrected chi connectivity index (χ1v) is 9.20. The largest absolute Gasteiger partial charge is 0.484 e. The second kappa shape index (κ2) is 7.52. The summed E-state index contributed by atoms with van der Waals surface area (Å²) < 4.78 is 5.56. The molecule has 0 saturated carbocycles. The molecule has 0 fully saturated rings. The van der Waals surface area contributed by atoms with Crippen LogP contribution in [0.4, 0.5) is 5.13 Å². The van der Waals surface area contributed by atoms with Crippen LogP contribution in [0.25, 0.3) is 0 Å². The summed E-state index contributed by atoms with van der Waals surface area (Å²) in [6.45, 7) is 13.1. The molecule has 1 aromatic carbocycles. The third kappa shape index (κ3) is 6.12. The molecule has 25 heavy (non-hydrogen) atoms. The van der Waals surface area contributed by atoms with Gasteiger partial charge in [-0.15, -0.1) is 10.2 Å². The average Bonchev–Trinajstić information content (AvgIpc) is 2.88. The Kier molecular flexibility index (Phi) is 5.83. The normalized spacial score (nSPS) is 12.1. The van der Waals surface area contributed by atoms with Crippen LogP contribution >= 0.6 is 11.3 Å². The van der Waals surface area contributed by atoms with Gasteiger partial charge in [0.1, 0.15) is 10.8 Å². The molecule has 5 nitrogen and oxygen atoms in total. The van der Waals surface area contributed by atoms with E-state index in [4.69, 9.17) is 4.74 Å². The molecule has 6 heteroatoms. The van der Waals surface area contributed by atoms with E-state index in [0.29, 0.717) is 10.9 Å². The van der Waals surface area contributed by atoms with Gasteiger partial charge < -0.3 is 4.74 Å². The molecule has 0 bridgehead atoms. The van der Waals surface area contributed by atoms with Crippen molar-refractivity contribution in [3.63, 3.8) is 0 Å². The van der Waals surface area contributed by atoms with Crippen LogP contribution < -0.4 is 10.1 Å². The van der Waals surface area contributed by atoms with E-state index in [9.17, 15) is 4.79 Å². The van der Waals surface area contributed by atoms with Gasteiger partial charge in [0.05, 0.1) is 0 Å². The quantitative estimate of drug-likeness (QED) is 0.818. The molecule has 1 N–H and O–H groups in total. The standard InChI is InChI=1S/C19H27N3O2S/c1-13-21-22-17(25-13)20-16(23)11-24-15-9-7-14(8-10-15)19(5,6)12-18(2,3)4/h7-10H,11-12H2,1-6H3,(H,20,22,23). The van der Waals surface area contributed by atoms with Gasteiger partial charge in [0.25, 0.3) is 5.91 Å². The van der Waals surface area contributed by atoms with Crippen LogP contribution in [0.3, 0.4) is 0 Å². The van der Waals surface area contributed by atoms with Crippen LogP contribution in [0, 0.1) is 12.3 Å². The molecule has 1 amide bonds. The Morgan fingerprint density at radius 2 is 1.76 bits per heavy atom. The highest BCUT2D eigenvalue weighted by molar-refractivity contribution is 7.15. The number of carbonyl (C=O) groups excluding carboxylic acids is 1. The number of amides is 1. The van der Waals surface area contributed by atoms with Crippen molar-refractivity contribution < 1.29 is 9.53 Å². The van der Waals surface area contributed by atoms with Crippen molar-refractivity contribution in [1.29, 1.82) is 0 Å². The van der Waals surface area contributed by atoms with Crippen LogP contribution in [0.15, 0.2) is 24.3 Å². The Hall–Kier alpha value is -1.95. The van der Waals surface area contributed by atoms with Gasteiger partial charge in [-0.05, 0) is 41.9 Å². The van der Waals surface area contributed by atoms with Gasteiger partial charge in [0.2, 0.25) is 5.13 Å². The number of hydrogen-bond donors (Lipinski definition) is 1. The van der Waals surface area contributed by atoms with Gasteiger partial charge in [0.15, 0.2) is 6.61 Å². The van der Waals surface area contributed by atoms with Crippen molar-refractivity contribution in [2.45, 2.75) is 53.4 Å². The van der Waals surface area contributed by atoms with Crippen LogP contribution in [-0.2, 0) is 10.2 Å². The molecule has 2 aromatic rings. The zero-order valence-electron chi connectivity index (χ0n) is 15.8. The van der Waals surface area contributed by atoms with Crippen molar-refractivity contribution in [2.24, 2.45) is 5.41 Å². The molecule has 0 spiro atoms. The predicted molar refractivity (Wildman–Crippen MR) is 102 cm³/mol. The number of aromatic nitrogens is 2. The SMILES string of the molecule is Cc1nnc(NC(=O)COc2ccc(C(C)(C)CC(C)(C)C)cc2)s1. The summed E-state index contributed by atoms with van der Waals surface area (Å²) in [7, 11) is 0. The fraction of sp³-hybridized carbons (Fsp3) is 0.526. The van der Waals surface area contributed by atoms with Gasteiger partial charge in [-0.2, -0.15) is 0 Å². The monoisotopic (exact) mass is 361 g/mol. The van der Waals surface area contributed by atoms with Crippen LogP contribution in [0.5, 0.6) is 5.75 Å². The molecule has 1 aromatic heterocycles. The number of nitrogens with zero attached hydrogens (tertiary/aromatic N) is 2. The second-order valence-corrected chi connectivity index (χ2v) is 9.29. The first-order valence-electron chi connectivity index (χ1n) is 8.38. The van der Waals surface area contributed by atoms with E-state index in [1.807, 2.05) is 19.1 Å². The number of hydrogen-bond acceptors (Lipinski definition) is 5. The first kappa shape index (κ1) is 19.4. The fourth-order valence-corrected chi connectivity index (χ4v) is 3.69. The lowest BCUT2D eigenvalue weighted by atomic mass is 9.72. The first-order chi connectivity index (χ1) is 11.5. The van der Waals surface area contributed by atoms with Crippen molar-refractivity contribution in [1.82, 2.24) is 10.2 Å². The molecule has 136 valence electrons. The minimum absolute atomic E-state index is 0.0522. The molecule has 2 rings (SSSR count). The number of rotatable bonds is 6. The molecular formula is C19H27N3O2S. The molecule has 0 aliphatic carbocycles. The third-order valence-electron chi connectivity index (χ3n) is 3.75. The molecule has 0 radical (unpaired) electrons. The molecule has 0 unspecified atom stereocenters. The van der Waals surface area contributed by atoms with E-state index in [1.54, 1.807) is 0 Å². The Morgan fingerprint density at radius 3 is 2.28 bits per heavy atom. The minimum Gasteiger partial charge on any atom is -0.484 e. The Balaban J connectivity index is 1.90. The highest BCUT2D eigenvalue weighted by Crippen LogP contribution is 2.36. The Bertz CT molecular complexity index is 715. The van der Waals surface area contributed by atoms with Crippen molar-refractivity contribution in [3.8, 4) is 5.75 Å². The summed E-state index contributed by atoms with van der Waals surface area (Å²) in [5, 5.41) is 11.7. The topological polar surface area (TPSA) is 64.1 Å². The zero-order valence-corrected chi connectivity index (χ0v) is 16.7. The maximum Gasteiger partial charge on any atom is 0.264 e. The highest BCUT2D eigenvalue weighted by Gasteiger charge is 2.27. The van der Waals surface area contributed by atoms with Crippen LogP contribution in [0.1, 0.15) is 51.6 Å². The number of nitrogens with one attached hydrogen (secondary N) is 1.